The number of rotatable bonds is 4. The van der Waals surface area contributed by atoms with Gasteiger partial charge in [-0.25, -0.2) is 8.42 Å². The third-order valence-corrected chi connectivity index (χ3v) is 4.91. The molecule has 7 heteroatoms. The van der Waals surface area contributed by atoms with Crippen LogP contribution in [0.5, 0.6) is 5.75 Å². The number of hydrogen-bond acceptors (Lipinski definition) is 4. The van der Waals surface area contributed by atoms with E-state index in [4.69, 9.17) is 16.3 Å². The highest BCUT2D eigenvalue weighted by atomic mass is 35.5. The van der Waals surface area contributed by atoms with Gasteiger partial charge in [0, 0.05) is 16.6 Å². The molecule has 0 aliphatic carbocycles. The zero-order valence-corrected chi connectivity index (χ0v) is 13.7. The summed E-state index contributed by atoms with van der Waals surface area (Å²) >= 11 is 5.92. The highest BCUT2D eigenvalue weighted by Gasteiger charge is 2.21. The van der Waals surface area contributed by atoms with Gasteiger partial charge in [-0.3, -0.25) is 9.71 Å². The fourth-order valence-electron chi connectivity index (χ4n) is 2.25. The summed E-state index contributed by atoms with van der Waals surface area (Å²) in [6, 6.07) is 13.4. The Morgan fingerprint density at radius 1 is 1.13 bits per heavy atom. The summed E-state index contributed by atoms with van der Waals surface area (Å²) in [5, 5.41) is 1.15. The largest absolute Gasteiger partial charge is 0.495 e. The maximum atomic E-state index is 12.7. The van der Waals surface area contributed by atoms with Crippen molar-refractivity contribution in [3.8, 4) is 5.75 Å². The molecule has 1 N–H and O–H groups in total. The first kappa shape index (κ1) is 15.6. The number of nitrogens with zero attached hydrogens (tertiary/aromatic N) is 1. The van der Waals surface area contributed by atoms with Crippen molar-refractivity contribution in [1.29, 1.82) is 0 Å². The van der Waals surface area contributed by atoms with Gasteiger partial charge in [0.25, 0.3) is 10.0 Å². The topological polar surface area (TPSA) is 68.3 Å². The molecule has 0 aliphatic heterocycles. The smallest absolute Gasteiger partial charge is 0.265 e. The molecule has 0 amide bonds. The molecule has 0 spiro atoms. The van der Waals surface area contributed by atoms with E-state index >= 15 is 0 Å². The van der Waals surface area contributed by atoms with Crippen LogP contribution < -0.4 is 9.46 Å². The van der Waals surface area contributed by atoms with Gasteiger partial charge in [0.15, 0.2) is 0 Å². The van der Waals surface area contributed by atoms with Gasteiger partial charge in [-0.05, 0) is 30.3 Å². The van der Waals surface area contributed by atoms with Crippen LogP contribution in [0.2, 0.25) is 5.02 Å². The second-order valence-electron chi connectivity index (χ2n) is 4.78. The molecule has 23 heavy (non-hydrogen) atoms. The van der Waals surface area contributed by atoms with Gasteiger partial charge in [-0.1, -0.05) is 29.8 Å². The minimum absolute atomic E-state index is 0.0274. The number of aromatic nitrogens is 1. The van der Waals surface area contributed by atoms with Gasteiger partial charge < -0.3 is 4.74 Å². The van der Waals surface area contributed by atoms with Gasteiger partial charge in [0.05, 0.1) is 18.3 Å². The summed E-state index contributed by atoms with van der Waals surface area (Å²) in [4.78, 5) is 4.21. The third-order valence-electron chi connectivity index (χ3n) is 3.29. The number of pyridine rings is 1. The normalized spacial score (nSPS) is 11.4. The minimum atomic E-state index is -3.87. The number of halogens is 1. The minimum Gasteiger partial charge on any atom is -0.495 e. The molecule has 0 atom stereocenters. The predicted molar refractivity (Wildman–Crippen MR) is 90.6 cm³/mol. The fourth-order valence-corrected chi connectivity index (χ4v) is 3.75. The lowest BCUT2D eigenvalue weighted by molar-refractivity contribution is 0.403. The quantitative estimate of drug-likeness (QED) is 0.780. The van der Waals surface area contributed by atoms with E-state index in [0.717, 1.165) is 5.39 Å². The predicted octanol–water partition coefficient (Wildman–Crippen LogP) is 3.70. The SMILES string of the molecule is COc1ccc(Cl)cc1S(=O)(=O)Nc1cccc2cccnc12. The van der Waals surface area contributed by atoms with Crippen molar-refractivity contribution in [3.63, 3.8) is 0 Å². The standard InChI is InChI=1S/C16H13ClN2O3S/c1-22-14-8-7-12(17)10-15(14)23(20,21)19-13-6-2-4-11-5-3-9-18-16(11)13/h2-10,19H,1H3. The second-order valence-corrected chi connectivity index (χ2v) is 6.87. The van der Waals surface area contributed by atoms with E-state index in [1.807, 2.05) is 12.1 Å². The number of nitrogens with one attached hydrogen (secondary N) is 1. The highest BCUT2D eigenvalue weighted by molar-refractivity contribution is 7.92. The van der Waals surface area contributed by atoms with Crippen LogP contribution in [-0.2, 0) is 10.0 Å². The molecule has 1 aromatic heterocycles. The number of sulfonamides is 1. The molecule has 0 bridgehead atoms. The lowest BCUT2D eigenvalue weighted by Crippen LogP contribution is -2.14. The van der Waals surface area contributed by atoms with Gasteiger partial charge in [0.1, 0.15) is 10.6 Å². The van der Waals surface area contributed by atoms with E-state index in [2.05, 4.69) is 9.71 Å². The number of ether oxygens (including phenoxy) is 1. The van der Waals surface area contributed by atoms with Gasteiger partial charge in [-0.15, -0.1) is 0 Å². The Kier molecular flexibility index (Phi) is 4.11. The summed E-state index contributed by atoms with van der Waals surface area (Å²) in [6.07, 6.45) is 1.61. The van der Waals surface area contributed by atoms with Crippen LogP contribution >= 0.6 is 11.6 Å². The first-order valence-electron chi connectivity index (χ1n) is 6.71. The van der Waals surface area contributed by atoms with Crippen LogP contribution in [0.3, 0.4) is 0 Å². The maximum Gasteiger partial charge on any atom is 0.265 e. The number of hydrogen-bond donors (Lipinski definition) is 1. The molecule has 0 saturated carbocycles. The molecular weight excluding hydrogens is 336 g/mol. The lowest BCUT2D eigenvalue weighted by Gasteiger charge is -2.13. The van der Waals surface area contributed by atoms with Crippen molar-refractivity contribution >= 4 is 38.2 Å². The van der Waals surface area contributed by atoms with Crippen LogP contribution in [0, 0.1) is 0 Å². The van der Waals surface area contributed by atoms with E-state index < -0.39 is 10.0 Å². The van der Waals surface area contributed by atoms with Crippen molar-refractivity contribution in [2.24, 2.45) is 0 Å². The number of methoxy groups -OCH3 is 1. The Morgan fingerprint density at radius 2 is 1.91 bits per heavy atom. The van der Waals surface area contributed by atoms with Crippen LogP contribution in [0.25, 0.3) is 10.9 Å². The van der Waals surface area contributed by atoms with E-state index in [1.165, 1.54) is 19.2 Å². The van der Waals surface area contributed by atoms with Crippen LogP contribution in [0.1, 0.15) is 0 Å². The van der Waals surface area contributed by atoms with E-state index in [9.17, 15) is 8.42 Å². The second kappa shape index (κ2) is 6.06. The number of fused-ring (bicyclic) bond motifs is 1. The zero-order valence-electron chi connectivity index (χ0n) is 12.2. The number of benzene rings is 2. The van der Waals surface area contributed by atoms with Crippen molar-refractivity contribution < 1.29 is 13.2 Å². The molecule has 118 valence electrons. The molecule has 2 aromatic carbocycles. The fraction of sp³-hybridized carbons (Fsp3) is 0.0625. The summed E-state index contributed by atoms with van der Waals surface area (Å²) in [6.45, 7) is 0. The van der Waals surface area contributed by atoms with Gasteiger partial charge >= 0.3 is 0 Å². The molecule has 0 saturated heterocycles. The average molecular weight is 349 g/mol. The Labute approximate surface area is 138 Å². The maximum absolute atomic E-state index is 12.7. The Balaban J connectivity index is 2.09. The summed E-state index contributed by atoms with van der Waals surface area (Å²) < 4.78 is 33.1. The van der Waals surface area contributed by atoms with Crippen LogP contribution in [0.4, 0.5) is 5.69 Å². The summed E-state index contributed by atoms with van der Waals surface area (Å²) in [5.41, 5.74) is 0.963. The lowest BCUT2D eigenvalue weighted by atomic mass is 10.2. The Morgan fingerprint density at radius 3 is 2.70 bits per heavy atom. The molecule has 0 fully saturated rings. The molecule has 1 heterocycles. The van der Waals surface area contributed by atoms with Crippen molar-refractivity contribution in [3.05, 3.63) is 59.8 Å². The summed E-state index contributed by atoms with van der Waals surface area (Å²) in [7, 11) is -2.47. The van der Waals surface area contributed by atoms with E-state index in [1.54, 1.807) is 30.5 Å². The van der Waals surface area contributed by atoms with Crippen molar-refractivity contribution in [2.75, 3.05) is 11.8 Å². The van der Waals surface area contributed by atoms with Crippen molar-refractivity contribution in [2.45, 2.75) is 4.90 Å². The van der Waals surface area contributed by atoms with Crippen molar-refractivity contribution in [1.82, 2.24) is 4.98 Å². The third kappa shape index (κ3) is 3.09. The highest BCUT2D eigenvalue weighted by Crippen LogP contribution is 2.30. The first-order valence-corrected chi connectivity index (χ1v) is 8.57. The van der Waals surface area contributed by atoms with E-state index in [0.29, 0.717) is 16.2 Å². The van der Waals surface area contributed by atoms with Gasteiger partial charge in [-0.2, -0.15) is 0 Å². The molecule has 0 aliphatic rings. The summed E-state index contributed by atoms with van der Waals surface area (Å²) in [5.74, 6) is 0.218. The molecule has 0 radical (unpaired) electrons. The Bertz CT molecular complexity index is 969. The zero-order chi connectivity index (χ0) is 16.4. The molecule has 5 nitrogen and oxygen atoms in total. The molecular formula is C16H13ClN2O3S. The van der Waals surface area contributed by atoms with Crippen LogP contribution in [-0.4, -0.2) is 20.5 Å². The molecule has 3 rings (SSSR count). The van der Waals surface area contributed by atoms with Gasteiger partial charge in [0.2, 0.25) is 0 Å². The number of anilines is 1. The Hall–Kier alpha value is -2.31. The molecule has 0 unspecified atom stereocenters. The monoisotopic (exact) mass is 348 g/mol. The molecule has 3 aromatic rings. The number of para-hydroxylation sites is 1. The van der Waals surface area contributed by atoms with Crippen LogP contribution in [0.15, 0.2) is 59.6 Å². The van der Waals surface area contributed by atoms with E-state index in [-0.39, 0.29) is 10.6 Å². The first-order chi connectivity index (χ1) is 11.0. The average Bonchev–Trinajstić information content (AvgIpc) is 2.55.